The average Bonchev–Trinajstić information content (AvgIpc) is 3.47. The number of nitrogens with zero attached hydrogens (tertiary/aromatic N) is 5. The lowest BCUT2D eigenvalue weighted by Crippen LogP contribution is -1.99. The molecule has 2 aromatic heterocycles. The standard InChI is InChI=1S/C23H16ClN5OS/c24-18-13-11-16(12-14-18)21-26-28-23(29(21)19-9-5-2-6-10-19)31-15-20-25-27-22(30-20)17-7-3-1-4-8-17/h1-14H,15H2. The molecule has 2 heterocycles. The molecule has 0 aliphatic heterocycles. The molecule has 0 bridgehead atoms. The summed E-state index contributed by atoms with van der Waals surface area (Å²) in [5, 5.41) is 18.6. The molecular formula is C23H16ClN5OS. The maximum atomic E-state index is 6.05. The van der Waals surface area contributed by atoms with E-state index in [1.54, 1.807) is 0 Å². The first-order valence-corrected chi connectivity index (χ1v) is 10.9. The van der Waals surface area contributed by atoms with Gasteiger partial charge < -0.3 is 4.42 Å². The fourth-order valence-corrected chi connectivity index (χ4v) is 4.01. The van der Waals surface area contributed by atoms with Gasteiger partial charge in [0.1, 0.15) is 0 Å². The van der Waals surface area contributed by atoms with E-state index in [0.717, 1.165) is 27.8 Å². The van der Waals surface area contributed by atoms with Crippen LogP contribution in [0.5, 0.6) is 0 Å². The van der Waals surface area contributed by atoms with E-state index in [1.807, 2.05) is 89.5 Å². The molecule has 0 radical (unpaired) electrons. The molecule has 0 fully saturated rings. The third-order valence-corrected chi connectivity index (χ3v) is 5.73. The van der Waals surface area contributed by atoms with Gasteiger partial charge in [-0.2, -0.15) is 0 Å². The van der Waals surface area contributed by atoms with E-state index < -0.39 is 0 Å². The van der Waals surface area contributed by atoms with Crippen LogP contribution in [0.2, 0.25) is 5.02 Å². The smallest absolute Gasteiger partial charge is 0.247 e. The summed E-state index contributed by atoms with van der Waals surface area (Å²) in [7, 11) is 0. The van der Waals surface area contributed by atoms with Crippen molar-refractivity contribution in [1.29, 1.82) is 0 Å². The summed E-state index contributed by atoms with van der Waals surface area (Å²) in [5.74, 6) is 2.24. The van der Waals surface area contributed by atoms with Crippen LogP contribution >= 0.6 is 23.4 Å². The third kappa shape index (κ3) is 4.23. The topological polar surface area (TPSA) is 69.6 Å². The van der Waals surface area contributed by atoms with Gasteiger partial charge in [-0.3, -0.25) is 4.57 Å². The molecule has 5 rings (SSSR count). The molecule has 0 atom stereocenters. The van der Waals surface area contributed by atoms with Crippen molar-refractivity contribution >= 4 is 23.4 Å². The third-order valence-electron chi connectivity index (χ3n) is 4.56. The van der Waals surface area contributed by atoms with Crippen molar-refractivity contribution in [2.24, 2.45) is 0 Å². The van der Waals surface area contributed by atoms with Gasteiger partial charge in [0.15, 0.2) is 11.0 Å². The number of para-hydroxylation sites is 1. The molecule has 5 aromatic rings. The van der Waals surface area contributed by atoms with Crippen LogP contribution in [-0.4, -0.2) is 25.0 Å². The predicted molar refractivity (Wildman–Crippen MR) is 121 cm³/mol. The quantitative estimate of drug-likeness (QED) is 0.302. The summed E-state index contributed by atoms with van der Waals surface area (Å²) < 4.78 is 7.84. The highest BCUT2D eigenvalue weighted by Gasteiger charge is 2.17. The van der Waals surface area contributed by atoms with E-state index >= 15 is 0 Å². The molecule has 31 heavy (non-hydrogen) atoms. The number of halogens is 1. The molecule has 0 amide bonds. The van der Waals surface area contributed by atoms with Gasteiger partial charge in [-0.15, -0.1) is 20.4 Å². The van der Waals surface area contributed by atoms with Crippen molar-refractivity contribution in [2.45, 2.75) is 10.9 Å². The summed E-state index contributed by atoms with van der Waals surface area (Å²) in [6.07, 6.45) is 0. The zero-order chi connectivity index (χ0) is 21.0. The monoisotopic (exact) mass is 445 g/mol. The Balaban J connectivity index is 1.44. The Morgan fingerprint density at radius 1 is 0.742 bits per heavy atom. The molecule has 0 saturated carbocycles. The highest BCUT2D eigenvalue weighted by molar-refractivity contribution is 7.98. The lowest BCUT2D eigenvalue weighted by atomic mass is 10.2. The van der Waals surface area contributed by atoms with Crippen LogP contribution in [0, 0.1) is 0 Å². The van der Waals surface area contributed by atoms with Crippen LogP contribution in [0.25, 0.3) is 28.5 Å². The Bertz CT molecular complexity index is 1290. The van der Waals surface area contributed by atoms with Gasteiger partial charge in [0.05, 0.1) is 5.75 Å². The summed E-state index contributed by atoms with van der Waals surface area (Å²) in [4.78, 5) is 0. The maximum absolute atomic E-state index is 6.05. The fraction of sp³-hybridized carbons (Fsp3) is 0.0435. The average molecular weight is 446 g/mol. The van der Waals surface area contributed by atoms with Crippen LogP contribution in [0.3, 0.4) is 0 Å². The van der Waals surface area contributed by atoms with Gasteiger partial charge in [0.25, 0.3) is 0 Å². The van der Waals surface area contributed by atoms with E-state index in [2.05, 4.69) is 20.4 Å². The molecule has 0 aliphatic carbocycles. The molecule has 0 aliphatic rings. The Hall–Kier alpha value is -3.42. The Morgan fingerprint density at radius 2 is 1.45 bits per heavy atom. The summed E-state index contributed by atoms with van der Waals surface area (Å²) in [6.45, 7) is 0. The lowest BCUT2D eigenvalue weighted by Gasteiger charge is -2.10. The number of benzene rings is 3. The minimum absolute atomic E-state index is 0.478. The zero-order valence-electron chi connectivity index (χ0n) is 16.2. The van der Waals surface area contributed by atoms with Crippen LogP contribution in [0.1, 0.15) is 5.89 Å². The normalized spacial score (nSPS) is 11.0. The molecular weight excluding hydrogens is 430 g/mol. The van der Waals surface area contributed by atoms with E-state index in [4.69, 9.17) is 16.0 Å². The Morgan fingerprint density at radius 3 is 2.19 bits per heavy atom. The van der Waals surface area contributed by atoms with E-state index in [0.29, 0.717) is 22.6 Å². The largest absolute Gasteiger partial charge is 0.420 e. The van der Waals surface area contributed by atoms with Crippen molar-refractivity contribution in [3.63, 3.8) is 0 Å². The molecule has 152 valence electrons. The minimum atomic E-state index is 0.478. The first-order valence-electron chi connectivity index (χ1n) is 9.55. The van der Waals surface area contributed by atoms with Gasteiger partial charge in [-0.1, -0.05) is 59.8 Å². The second kappa shape index (κ2) is 8.75. The van der Waals surface area contributed by atoms with Crippen molar-refractivity contribution < 1.29 is 4.42 Å². The van der Waals surface area contributed by atoms with Gasteiger partial charge >= 0.3 is 0 Å². The summed E-state index contributed by atoms with van der Waals surface area (Å²) in [6, 6.07) is 27.3. The van der Waals surface area contributed by atoms with E-state index in [-0.39, 0.29) is 0 Å². The van der Waals surface area contributed by atoms with Gasteiger partial charge in [0.2, 0.25) is 11.8 Å². The van der Waals surface area contributed by atoms with E-state index in [9.17, 15) is 0 Å². The van der Waals surface area contributed by atoms with Gasteiger partial charge in [-0.25, -0.2) is 0 Å². The van der Waals surface area contributed by atoms with E-state index in [1.165, 1.54) is 11.8 Å². The summed E-state index contributed by atoms with van der Waals surface area (Å²) >= 11 is 7.54. The fourth-order valence-electron chi connectivity index (χ4n) is 3.09. The molecule has 0 spiro atoms. The van der Waals surface area contributed by atoms with Crippen molar-refractivity contribution in [3.8, 4) is 28.5 Å². The Labute approximate surface area is 187 Å². The van der Waals surface area contributed by atoms with Gasteiger partial charge in [0, 0.05) is 21.8 Å². The van der Waals surface area contributed by atoms with Crippen molar-refractivity contribution in [2.75, 3.05) is 0 Å². The zero-order valence-corrected chi connectivity index (χ0v) is 17.8. The second-order valence-corrected chi connectivity index (χ2v) is 8.02. The first-order chi connectivity index (χ1) is 15.3. The minimum Gasteiger partial charge on any atom is -0.420 e. The number of aromatic nitrogens is 5. The second-order valence-electron chi connectivity index (χ2n) is 6.64. The van der Waals surface area contributed by atoms with Crippen molar-refractivity contribution in [1.82, 2.24) is 25.0 Å². The highest BCUT2D eigenvalue weighted by atomic mass is 35.5. The molecule has 3 aromatic carbocycles. The molecule has 0 saturated heterocycles. The number of hydrogen-bond acceptors (Lipinski definition) is 6. The lowest BCUT2D eigenvalue weighted by molar-refractivity contribution is 0.528. The molecule has 8 heteroatoms. The first kappa shape index (κ1) is 19.5. The van der Waals surface area contributed by atoms with Crippen LogP contribution in [0.15, 0.2) is 94.5 Å². The number of rotatable bonds is 6. The maximum Gasteiger partial charge on any atom is 0.247 e. The Kier molecular flexibility index (Phi) is 5.52. The van der Waals surface area contributed by atoms with Gasteiger partial charge in [-0.05, 0) is 48.5 Å². The summed E-state index contributed by atoms with van der Waals surface area (Å²) in [5.41, 5.74) is 2.79. The molecule has 6 nitrogen and oxygen atoms in total. The molecule has 0 N–H and O–H groups in total. The van der Waals surface area contributed by atoms with Crippen LogP contribution in [0.4, 0.5) is 0 Å². The van der Waals surface area contributed by atoms with Crippen LogP contribution in [-0.2, 0) is 5.75 Å². The number of hydrogen-bond donors (Lipinski definition) is 0. The highest BCUT2D eigenvalue weighted by Crippen LogP contribution is 2.30. The molecule has 0 unspecified atom stereocenters. The SMILES string of the molecule is Clc1ccc(-c2nnc(SCc3nnc(-c4ccccc4)o3)n2-c2ccccc2)cc1. The van der Waals surface area contributed by atoms with Crippen molar-refractivity contribution in [3.05, 3.63) is 95.8 Å². The van der Waals surface area contributed by atoms with Crippen LogP contribution < -0.4 is 0 Å². The predicted octanol–water partition coefficient (Wildman–Crippen LogP) is 5.93. The number of thioether (sulfide) groups is 1.